The molecule has 0 bridgehead atoms. The Morgan fingerprint density at radius 1 is 1.43 bits per heavy atom. The molecule has 118 valence electrons. The molecule has 0 atom stereocenters. The molecule has 2 heterocycles. The highest BCUT2D eigenvalue weighted by Crippen LogP contribution is 2.16. The number of hydrogen-bond acceptors (Lipinski definition) is 4. The number of fused-ring (bicyclic) bond motifs is 1. The number of carbonyl (C=O) groups excluding carboxylic acids is 1. The van der Waals surface area contributed by atoms with Gasteiger partial charge in [-0.05, 0) is 12.1 Å². The van der Waals surface area contributed by atoms with E-state index in [1.54, 1.807) is 37.8 Å². The van der Waals surface area contributed by atoms with E-state index in [-0.39, 0.29) is 11.0 Å². The van der Waals surface area contributed by atoms with Gasteiger partial charge in [0.1, 0.15) is 11.3 Å². The van der Waals surface area contributed by atoms with Gasteiger partial charge in [-0.1, -0.05) is 0 Å². The minimum Gasteiger partial charge on any atom is -0.497 e. The molecular weight excluding hydrogens is 296 g/mol. The SMILES string of the molecule is COc1ccc2c(=O)c(C(=O)NCCn3ccnc3)c[nH]c2c1. The van der Waals surface area contributed by atoms with E-state index in [0.717, 1.165) is 0 Å². The van der Waals surface area contributed by atoms with Crippen molar-refractivity contribution in [2.24, 2.45) is 0 Å². The Balaban J connectivity index is 1.77. The number of benzene rings is 1. The summed E-state index contributed by atoms with van der Waals surface area (Å²) in [5.41, 5.74) is 0.416. The number of H-pyrrole nitrogens is 1. The van der Waals surface area contributed by atoms with Crippen LogP contribution in [0.3, 0.4) is 0 Å². The molecule has 0 saturated carbocycles. The third-order valence-electron chi connectivity index (χ3n) is 3.55. The van der Waals surface area contributed by atoms with E-state index in [4.69, 9.17) is 4.74 Å². The summed E-state index contributed by atoms with van der Waals surface area (Å²) in [5, 5.41) is 3.18. The van der Waals surface area contributed by atoms with Crippen LogP contribution in [0.2, 0.25) is 0 Å². The number of imidazole rings is 1. The molecule has 0 aliphatic heterocycles. The number of ether oxygens (including phenoxy) is 1. The highest BCUT2D eigenvalue weighted by molar-refractivity contribution is 5.97. The van der Waals surface area contributed by atoms with Crippen molar-refractivity contribution in [2.45, 2.75) is 6.54 Å². The molecule has 0 aliphatic rings. The largest absolute Gasteiger partial charge is 0.497 e. The summed E-state index contributed by atoms with van der Waals surface area (Å²) in [6.45, 7) is 1.00. The number of pyridine rings is 1. The summed E-state index contributed by atoms with van der Waals surface area (Å²) in [6, 6.07) is 5.06. The van der Waals surface area contributed by atoms with Crippen LogP contribution in [0.1, 0.15) is 10.4 Å². The third-order valence-corrected chi connectivity index (χ3v) is 3.55. The molecule has 0 radical (unpaired) electrons. The van der Waals surface area contributed by atoms with Gasteiger partial charge in [-0.25, -0.2) is 4.98 Å². The molecule has 0 fully saturated rings. The summed E-state index contributed by atoms with van der Waals surface area (Å²) in [6.07, 6.45) is 6.57. The molecule has 7 nitrogen and oxygen atoms in total. The maximum absolute atomic E-state index is 12.4. The lowest BCUT2D eigenvalue weighted by atomic mass is 10.1. The Bertz CT molecular complexity index is 884. The van der Waals surface area contributed by atoms with Crippen molar-refractivity contribution in [3.05, 3.63) is 58.9 Å². The number of aromatic amines is 1. The zero-order valence-corrected chi connectivity index (χ0v) is 12.6. The Morgan fingerprint density at radius 2 is 2.30 bits per heavy atom. The van der Waals surface area contributed by atoms with E-state index in [9.17, 15) is 9.59 Å². The topological polar surface area (TPSA) is 89.0 Å². The maximum Gasteiger partial charge on any atom is 0.256 e. The Kier molecular flexibility index (Phi) is 4.09. The number of nitrogens with zero attached hydrogens (tertiary/aromatic N) is 2. The zero-order valence-electron chi connectivity index (χ0n) is 12.6. The minimum atomic E-state index is -0.399. The summed E-state index contributed by atoms with van der Waals surface area (Å²) in [7, 11) is 1.56. The van der Waals surface area contributed by atoms with Gasteiger partial charge in [0.2, 0.25) is 5.43 Å². The maximum atomic E-state index is 12.4. The minimum absolute atomic E-state index is 0.0910. The first-order chi connectivity index (χ1) is 11.2. The lowest BCUT2D eigenvalue weighted by molar-refractivity contribution is 0.0951. The average molecular weight is 312 g/mol. The summed E-state index contributed by atoms with van der Waals surface area (Å²) in [4.78, 5) is 31.5. The molecule has 0 spiro atoms. The Hall–Kier alpha value is -3.09. The fourth-order valence-electron chi connectivity index (χ4n) is 2.31. The van der Waals surface area contributed by atoms with E-state index < -0.39 is 5.91 Å². The normalized spacial score (nSPS) is 10.7. The van der Waals surface area contributed by atoms with Crippen molar-refractivity contribution in [2.75, 3.05) is 13.7 Å². The van der Waals surface area contributed by atoms with Gasteiger partial charge in [-0.15, -0.1) is 0 Å². The molecule has 23 heavy (non-hydrogen) atoms. The van der Waals surface area contributed by atoms with Crippen LogP contribution in [0.4, 0.5) is 0 Å². The van der Waals surface area contributed by atoms with Crippen LogP contribution in [-0.4, -0.2) is 34.1 Å². The number of rotatable bonds is 5. The number of amides is 1. The van der Waals surface area contributed by atoms with Crippen molar-refractivity contribution in [1.82, 2.24) is 19.9 Å². The van der Waals surface area contributed by atoms with Crippen LogP contribution < -0.4 is 15.5 Å². The Labute approximate surface area is 131 Å². The molecule has 3 rings (SSSR count). The van der Waals surface area contributed by atoms with Crippen LogP contribution in [-0.2, 0) is 6.54 Å². The molecule has 1 amide bonds. The predicted molar refractivity (Wildman–Crippen MR) is 85.7 cm³/mol. The molecule has 2 N–H and O–H groups in total. The first kappa shape index (κ1) is 14.8. The van der Waals surface area contributed by atoms with Crippen molar-refractivity contribution in [1.29, 1.82) is 0 Å². The highest BCUT2D eigenvalue weighted by Gasteiger charge is 2.12. The van der Waals surface area contributed by atoms with Crippen molar-refractivity contribution >= 4 is 16.8 Å². The van der Waals surface area contributed by atoms with Crippen molar-refractivity contribution < 1.29 is 9.53 Å². The zero-order chi connectivity index (χ0) is 16.2. The molecule has 0 unspecified atom stereocenters. The third kappa shape index (κ3) is 3.08. The first-order valence-electron chi connectivity index (χ1n) is 7.12. The van der Waals surface area contributed by atoms with Gasteiger partial charge in [0.15, 0.2) is 0 Å². The van der Waals surface area contributed by atoms with Crippen LogP contribution in [0.5, 0.6) is 5.75 Å². The van der Waals surface area contributed by atoms with Crippen molar-refractivity contribution in [3.8, 4) is 5.75 Å². The van der Waals surface area contributed by atoms with Crippen LogP contribution in [0.15, 0.2) is 47.9 Å². The van der Waals surface area contributed by atoms with E-state index in [1.807, 2.05) is 10.8 Å². The van der Waals surface area contributed by atoms with Gasteiger partial charge < -0.3 is 19.6 Å². The molecule has 2 aromatic heterocycles. The number of nitrogens with one attached hydrogen (secondary N) is 2. The van der Waals surface area contributed by atoms with E-state index in [2.05, 4.69) is 15.3 Å². The van der Waals surface area contributed by atoms with E-state index in [1.165, 1.54) is 6.20 Å². The van der Waals surface area contributed by atoms with Gasteiger partial charge in [-0.2, -0.15) is 0 Å². The lowest BCUT2D eigenvalue weighted by Crippen LogP contribution is -2.31. The number of aromatic nitrogens is 3. The summed E-state index contributed by atoms with van der Waals surface area (Å²) in [5.74, 6) is 0.245. The second-order valence-corrected chi connectivity index (χ2v) is 5.00. The number of methoxy groups -OCH3 is 1. The van der Waals surface area contributed by atoms with Crippen molar-refractivity contribution in [3.63, 3.8) is 0 Å². The van der Waals surface area contributed by atoms with Gasteiger partial charge in [-0.3, -0.25) is 9.59 Å². The second-order valence-electron chi connectivity index (χ2n) is 5.00. The molecular formula is C16H16N4O3. The van der Waals surface area contributed by atoms with Gasteiger partial charge in [0.05, 0.1) is 19.0 Å². The van der Waals surface area contributed by atoms with Gasteiger partial charge in [0.25, 0.3) is 5.91 Å². The van der Waals surface area contributed by atoms with E-state index >= 15 is 0 Å². The molecule has 0 aliphatic carbocycles. The quantitative estimate of drug-likeness (QED) is 0.740. The standard InChI is InChI=1S/C16H16N4O3/c1-23-11-2-3-12-14(8-11)19-9-13(15(12)21)16(22)18-5-7-20-6-4-17-10-20/h2-4,6,8-10H,5,7H2,1H3,(H,18,22)(H,19,21). The molecule has 7 heteroatoms. The van der Waals surface area contributed by atoms with Crippen LogP contribution in [0.25, 0.3) is 10.9 Å². The smallest absolute Gasteiger partial charge is 0.256 e. The van der Waals surface area contributed by atoms with Crippen LogP contribution >= 0.6 is 0 Å². The highest BCUT2D eigenvalue weighted by atomic mass is 16.5. The molecule has 0 saturated heterocycles. The Morgan fingerprint density at radius 3 is 3.04 bits per heavy atom. The van der Waals surface area contributed by atoms with Gasteiger partial charge in [0, 0.05) is 43.1 Å². The molecule has 3 aromatic rings. The lowest BCUT2D eigenvalue weighted by Gasteiger charge is -2.07. The van der Waals surface area contributed by atoms with E-state index in [0.29, 0.717) is 29.7 Å². The average Bonchev–Trinajstić information content (AvgIpc) is 3.08. The van der Waals surface area contributed by atoms with Gasteiger partial charge >= 0.3 is 0 Å². The number of carbonyl (C=O) groups is 1. The second kappa shape index (κ2) is 6.35. The number of hydrogen-bond donors (Lipinski definition) is 2. The van der Waals surface area contributed by atoms with Crippen LogP contribution in [0, 0.1) is 0 Å². The summed E-state index contributed by atoms with van der Waals surface area (Å²) < 4.78 is 6.96. The summed E-state index contributed by atoms with van der Waals surface area (Å²) >= 11 is 0. The fourth-order valence-corrected chi connectivity index (χ4v) is 2.31. The first-order valence-corrected chi connectivity index (χ1v) is 7.12. The molecule has 1 aromatic carbocycles. The fraction of sp³-hybridized carbons (Fsp3) is 0.188. The monoisotopic (exact) mass is 312 g/mol. The predicted octanol–water partition coefficient (Wildman–Crippen LogP) is 1.16.